The van der Waals surface area contributed by atoms with Crippen LogP contribution in [0.4, 0.5) is 11.4 Å². The molecule has 2 N–H and O–H groups in total. The van der Waals surface area contributed by atoms with Crippen molar-refractivity contribution < 1.29 is 0 Å². The predicted molar refractivity (Wildman–Crippen MR) is 292 cm³/mol. The standard InChI is InChI=1S/C19H24N2S.C18H22N2S.C14H13BrS.C5H12N2/c1-15-8-9-18(16(2)14-15)22-19-7-5-4-6-17(19)21-12-10-20(3)11-13-21;1-14-7-8-17(15(2)13-14)21-18-6-4-3-5-16(18)20-11-9-19-10-12-20;1-10-7-8-13(11(2)9-10)16-14-6-4-3-5-12(14)15;1-7-4-2-6-3-5-7/h4-9,14H,10-13H2,1-3H3;3-8,13,19H,9-12H2,1-2H3;3-9H,1-2H3;6H,2-5H2,1H3. The number of piperazine rings is 3. The highest BCUT2D eigenvalue weighted by Crippen LogP contribution is 2.39. The lowest BCUT2D eigenvalue weighted by Crippen LogP contribution is -2.44. The number of nitrogens with one attached hydrogen (secondary N) is 2. The van der Waals surface area contributed by atoms with Crippen LogP contribution in [0.1, 0.15) is 33.4 Å². The van der Waals surface area contributed by atoms with Crippen LogP contribution >= 0.6 is 51.2 Å². The summed E-state index contributed by atoms with van der Waals surface area (Å²) in [5.41, 5.74) is 10.8. The third kappa shape index (κ3) is 16.2. The van der Waals surface area contributed by atoms with Crippen molar-refractivity contribution in [2.24, 2.45) is 0 Å². The second-order valence-electron chi connectivity index (χ2n) is 17.6. The van der Waals surface area contributed by atoms with Crippen molar-refractivity contribution in [2.45, 2.75) is 70.9 Å². The van der Waals surface area contributed by atoms with Crippen molar-refractivity contribution in [2.75, 3.05) is 102 Å². The van der Waals surface area contributed by atoms with E-state index in [1.165, 1.54) is 87.2 Å². The first kappa shape index (κ1) is 51.7. The monoisotopic (exact) mass is 1000 g/mol. The lowest BCUT2D eigenvalue weighted by atomic mass is 10.2. The Hall–Kier alpha value is -3.71. The van der Waals surface area contributed by atoms with Crippen molar-refractivity contribution in [3.63, 3.8) is 0 Å². The molecule has 66 heavy (non-hydrogen) atoms. The summed E-state index contributed by atoms with van der Waals surface area (Å²) in [6, 6.07) is 45.9. The molecule has 9 rings (SSSR count). The molecule has 10 heteroatoms. The quantitative estimate of drug-likeness (QED) is 0.155. The zero-order valence-corrected chi connectivity index (χ0v) is 44.5. The molecular formula is C56H71BrN6S3. The van der Waals surface area contributed by atoms with Gasteiger partial charge in [-0.1, -0.05) is 125 Å². The molecule has 0 amide bonds. The van der Waals surface area contributed by atoms with Crippen molar-refractivity contribution >= 4 is 62.6 Å². The van der Waals surface area contributed by atoms with Gasteiger partial charge in [-0.05, 0) is 143 Å². The van der Waals surface area contributed by atoms with Gasteiger partial charge in [0, 0.05) is 112 Å². The molecule has 0 aliphatic carbocycles. The smallest absolute Gasteiger partial charge is 0.0508 e. The molecule has 3 saturated heterocycles. The maximum Gasteiger partial charge on any atom is 0.0508 e. The molecule has 6 nitrogen and oxygen atoms in total. The predicted octanol–water partition coefficient (Wildman–Crippen LogP) is 12.8. The largest absolute Gasteiger partial charge is 0.368 e. The van der Waals surface area contributed by atoms with E-state index in [0.717, 1.165) is 69.9 Å². The molecule has 0 radical (unpaired) electrons. The zero-order chi connectivity index (χ0) is 46.8. The van der Waals surface area contributed by atoms with E-state index >= 15 is 0 Å². The van der Waals surface area contributed by atoms with Crippen LogP contribution < -0.4 is 20.4 Å². The Morgan fingerprint density at radius 2 is 0.727 bits per heavy atom. The molecule has 6 aromatic carbocycles. The Morgan fingerprint density at radius 3 is 1.12 bits per heavy atom. The number of benzene rings is 6. The van der Waals surface area contributed by atoms with Crippen LogP contribution in [0.5, 0.6) is 0 Å². The summed E-state index contributed by atoms with van der Waals surface area (Å²) < 4.78 is 1.15. The van der Waals surface area contributed by atoms with Gasteiger partial charge in [0.15, 0.2) is 0 Å². The number of rotatable bonds is 8. The Kier molecular flexibility index (Phi) is 20.9. The molecule has 0 unspecified atom stereocenters. The maximum absolute atomic E-state index is 3.57. The number of anilines is 2. The van der Waals surface area contributed by atoms with E-state index in [2.05, 4.69) is 223 Å². The topological polar surface area (TPSA) is 37.0 Å². The van der Waals surface area contributed by atoms with Gasteiger partial charge in [-0.2, -0.15) is 0 Å². The molecule has 0 spiro atoms. The Labute approximate surface area is 418 Å². The molecule has 0 atom stereocenters. The molecular weight excluding hydrogens is 933 g/mol. The van der Waals surface area contributed by atoms with E-state index in [0.29, 0.717) is 0 Å². The minimum absolute atomic E-state index is 1.07. The maximum atomic E-state index is 3.57. The number of nitrogens with zero attached hydrogens (tertiary/aromatic N) is 4. The van der Waals surface area contributed by atoms with E-state index in [4.69, 9.17) is 0 Å². The lowest BCUT2D eigenvalue weighted by molar-refractivity contribution is 0.291. The highest BCUT2D eigenvalue weighted by molar-refractivity contribution is 9.10. The van der Waals surface area contributed by atoms with Gasteiger partial charge >= 0.3 is 0 Å². The van der Waals surface area contributed by atoms with Crippen molar-refractivity contribution in [3.05, 3.63) is 165 Å². The van der Waals surface area contributed by atoms with Crippen LogP contribution in [0.15, 0.2) is 161 Å². The van der Waals surface area contributed by atoms with E-state index in [1.54, 1.807) is 11.8 Å². The third-order valence-corrected chi connectivity index (χ3v) is 16.6. The van der Waals surface area contributed by atoms with Gasteiger partial charge in [-0.25, -0.2) is 0 Å². The first-order valence-corrected chi connectivity index (χ1v) is 26.6. The number of para-hydroxylation sites is 2. The summed E-state index contributed by atoms with van der Waals surface area (Å²) >= 11 is 9.14. The minimum Gasteiger partial charge on any atom is -0.368 e. The highest BCUT2D eigenvalue weighted by Gasteiger charge is 2.18. The summed E-state index contributed by atoms with van der Waals surface area (Å²) in [7, 11) is 4.36. The zero-order valence-electron chi connectivity index (χ0n) is 40.5. The van der Waals surface area contributed by atoms with Crippen molar-refractivity contribution in [1.82, 2.24) is 20.4 Å². The molecule has 3 fully saturated rings. The number of halogens is 1. The Bertz CT molecular complexity index is 2420. The van der Waals surface area contributed by atoms with Gasteiger partial charge in [-0.3, -0.25) is 0 Å². The van der Waals surface area contributed by atoms with Gasteiger partial charge in [-0.15, -0.1) is 0 Å². The summed E-state index contributed by atoms with van der Waals surface area (Å²) in [4.78, 5) is 17.7. The second-order valence-corrected chi connectivity index (χ2v) is 21.7. The number of likely N-dealkylation sites (N-methyl/N-ethyl adjacent to an activating group) is 2. The van der Waals surface area contributed by atoms with Gasteiger partial charge in [0.1, 0.15) is 0 Å². The molecule has 0 aromatic heterocycles. The summed E-state index contributed by atoms with van der Waals surface area (Å²) in [6.45, 7) is 26.6. The molecule has 0 saturated carbocycles. The molecule has 3 aliphatic rings. The van der Waals surface area contributed by atoms with Crippen LogP contribution in [-0.2, 0) is 0 Å². The van der Waals surface area contributed by atoms with Crippen LogP contribution in [0, 0.1) is 41.5 Å². The first-order valence-electron chi connectivity index (χ1n) is 23.4. The van der Waals surface area contributed by atoms with Gasteiger partial charge in [0.2, 0.25) is 0 Å². The van der Waals surface area contributed by atoms with E-state index in [9.17, 15) is 0 Å². The number of hydrogen-bond donors (Lipinski definition) is 2. The normalized spacial score (nSPS) is 15.4. The summed E-state index contributed by atoms with van der Waals surface area (Å²) in [5, 5.41) is 6.69. The summed E-state index contributed by atoms with van der Waals surface area (Å²) in [6.07, 6.45) is 0. The van der Waals surface area contributed by atoms with Crippen LogP contribution in [-0.4, -0.2) is 102 Å². The fourth-order valence-electron chi connectivity index (χ4n) is 7.96. The van der Waals surface area contributed by atoms with Crippen LogP contribution in [0.2, 0.25) is 0 Å². The Balaban J connectivity index is 0.000000154. The average molecular weight is 1000 g/mol. The fraction of sp³-hybridized carbons (Fsp3) is 0.357. The molecule has 0 bridgehead atoms. The van der Waals surface area contributed by atoms with Gasteiger partial charge in [0.25, 0.3) is 0 Å². The fourth-order valence-corrected chi connectivity index (χ4v) is 11.5. The van der Waals surface area contributed by atoms with E-state index in [1.807, 2.05) is 29.6 Å². The average Bonchev–Trinajstić information content (AvgIpc) is 3.32. The number of aryl methyl sites for hydroxylation is 6. The van der Waals surface area contributed by atoms with Crippen LogP contribution in [0.25, 0.3) is 0 Å². The highest BCUT2D eigenvalue weighted by atomic mass is 79.9. The SMILES string of the molecule is CN1CCNCC1.Cc1ccc(Sc2ccccc2Br)c(C)c1.Cc1ccc(Sc2ccccc2N2CCN(C)CC2)c(C)c1.Cc1ccc(Sc2ccccc2N2CCNCC2)c(C)c1. The Morgan fingerprint density at radius 1 is 0.379 bits per heavy atom. The number of hydrogen-bond acceptors (Lipinski definition) is 9. The lowest BCUT2D eigenvalue weighted by Gasteiger charge is -2.35. The second kappa shape index (κ2) is 26.7. The summed E-state index contributed by atoms with van der Waals surface area (Å²) in [5.74, 6) is 0. The van der Waals surface area contributed by atoms with Crippen molar-refractivity contribution in [1.29, 1.82) is 0 Å². The van der Waals surface area contributed by atoms with Crippen LogP contribution in [0.3, 0.4) is 0 Å². The van der Waals surface area contributed by atoms with E-state index in [-0.39, 0.29) is 0 Å². The molecule has 3 aliphatic heterocycles. The molecule has 6 aromatic rings. The van der Waals surface area contributed by atoms with Crippen molar-refractivity contribution in [3.8, 4) is 0 Å². The minimum atomic E-state index is 1.07. The first-order chi connectivity index (χ1) is 31.9. The van der Waals surface area contributed by atoms with Gasteiger partial charge in [0.05, 0.1) is 11.4 Å². The molecule has 3 heterocycles. The van der Waals surface area contributed by atoms with Gasteiger partial charge < -0.3 is 30.2 Å². The van der Waals surface area contributed by atoms with E-state index < -0.39 is 0 Å². The molecule has 350 valence electrons. The third-order valence-electron chi connectivity index (χ3n) is 11.9.